The zero-order valence-corrected chi connectivity index (χ0v) is 9.12. The first-order valence-corrected chi connectivity index (χ1v) is 5.08. The normalized spacial score (nSPS) is 29.9. The van der Waals surface area contributed by atoms with Crippen molar-refractivity contribution in [1.82, 2.24) is 0 Å². The minimum Gasteiger partial charge on any atom is -0.382 e. The molecular formula is C11H20O3. The van der Waals surface area contributed by atoms with E-state index in [2.05, 4.69) is 6.58 Å². The zero-order chi connectivity index (χ0) is 10.4. The van der Waals surface area contributed by atoms with Crippen LogP contribution >= 0.6 is 0 Å². The largest absolute Gasteiger partial charge is 0.382 e. The second-order valence-corrected chi connectivity index (χ2v) is 3.64. The van der Waals surface area contributed by atoms with Crippen molar-refractivity contribution >= 4 is 0 Å². The van der Waals surface area contributed by atoms with E-state index in [1.807, 2.05) is 6.08 Å². The van der Waals surface area contributed by atoms with Crippen LogP contribution in [0, 0.1) is 0 Å². The maximum Gasteiger partial charge on any atom is 0.114 e. The van der Waals surface area contributed by atoms with Gasteiger partial charge in [-0.1, -0.05) is 6.08 Å². The fourth-order valence-electron chi connectivity index (χ4n) is 1.94. The molecule has 0 amide bonds. The average molecular weight is 200 g/mol. The van der Waals surface area contributed by atoms with Gasteiger partial charge in [0.2, 0.25) is 0 Å². The summed E-state index contributed by atoms with van der Waals surface area (Å²) in [6.45, 7) is 5.18. The highest BCUT2D eigenvalue weighted by Gasteiger charge is 2.38. The third-order valence-electron chi connectivity index (χ3n) is 2.83. The predicted molar refractivity (Wildman–Crippen MR) is 55.4 cm³/mol. The monoisotopic (exact) mass is 200 g/mol. The molecule has 14 heavy (non-hydrogen) atoms. The minimum atomic E-state index is -0.344. The summed E-state index contributed by atoms with van der Waals surface area (Å²) in [7, 11) is 3.36. The molecule has 0 bridgehead atoms. The molecule has 1 rings (SSSR count). The van der Waals surface area contributed by atoms with Crippen LogP contribution in [0.1, 0.15) is 19.3 Å². The van der Waals surface area contributed by atoms with Crippen LogP contribution in [0.4, 0.5) is 0 Å². The van der Waals surface area contributed by atoms with E-state index in [1.165, 1.54) is 0 Å². The Labute approximate surface area is 86.0 Å². The van der Waals surface area contributed by atoms with Gasteiger partial charge in [0.05, 0.1) is 6.61 Å². The van der Waals surface area contributed by atoms with E-state index >= 15 is 0 Å². The Kier molecular flexibility index (Phi) is 4.58. The first-order valence-electron chi connectivity index (χ1n) is 5.08. The Morgan fingerprint density at radius 1 is 1.50 bits per heavy atom. The van der Waals surface area contributed by atoms with Crippen LogP contribution in [0.3, 0.4) is 0 Å². The van der Waals surface area contributed by atoms with Gasteiger partial charge in [-0.3, -0.25) is 0 Å². The summed E-state index contributed by atoms with van der Waals surface area (Å²) in [6.07, 6.45) is 5.07. The molecule has 2 atom stereocenters. The summed E-state index contributed by atoms with van der Waals surface area (Å²) >= 11 is 0. The van der Waals surface area contributed by atoms with Crippen molar-refractivity contribution in [3.05, 3.63) is 12.7 Å². The molecule has 3 heteroatoms. The van der Waals surface area contributed by atoms with Crippen molar-refractivity contribution in [2.75, 3.05) is 27.4 Å². The molecule has 0 spiro atoms. The van der Waals surface area contributed by atoms with Crippen molar-refractivity contribution in [3.63, 3.8) is 0 Å². The van der Waals surface area contributed by atoms with Crippen LogP contribution < -0.4 is 0 Å². The highest BCUT2D eigenvalue weighted by atomic mass is 16.6. The molecule has 0 aromatic rings. The minimum absolute atomic E-state index is 0.0506. The molecule has 1 aliphatic heterocycles. The lowest BCUT2D eigenvalue weighted by Gasteiger charge is -2.39. The van der Waals surface area contributed by atoms with Crippen LogP contribution in [0.5, 0.6) is 0 Å². The third kappa shape index (κ3) is 2.35. The Hall–Kier alpha value is -0.380. The van der Waals surface area contributed by atoms with Gasteiger partial charge in [-0.05, 0) is 19.3 Å². The fraction of sp³-hybridized carbons (Fsp3) is 0.818. The van der Waals surface area contributed by atoms with E-state index in [1.54, 1.807) is 14.2 Å². The number of rotatable bonds is 5. The Morgan fingerprint density at radius 3 is 2.71 bits per heavy atom. The molecule has 0 aliphatic carbocycles. The summed E-state index contributed by atoms with van der Waals surface area (Å²) in [5, 5.41) is 0. The van der Waals surface area contributed by atoms with Gasteiger partial charge in [-0.25, -0.2) is 0 Å². The highest BCUT2D eigenvalue weighted by molar-refractivity contribution is 5.04. The summed E-state index contributed by atoms with van der Waals surface area (Å²) in [5.74, 6) is 0. The molecule has 0 saturated carbocycles. The Morgan fingerprint density at radius 2 is 2.29 bits per heavy atom. The Bertz CT molecular complexity index is 173. The van der Waals surface area contributed by atoms with E-state index in [0.717, 1.165) is 25.9 Å². The molecule has 2 unspecified atom stereocenters. The van der Waals surface area contributed by atoms with E-state index in [-0.39, 0.29) is 11.7 Å². The molecule has 1 saturated heterocycles. The van der Waals surface area contributed by atoms with Crippen molar-refractivity contribution in [3.8, 4) is 0 Å². The van der Waals surface area contributed by atoms with Gasteiger partial charge in [0.25, 0.3) is 0 Å². The maximum atomic E-state index is 5.80. The smallest absolute Gasteiger partial charge is 0.114 e. The van der Waals surface area contributed by atoms with E-state index in [9.17, 15) is 0 Å². The third-order valence-corrected chi connectivity index (χ3v) is 2.83. The molecule has 0 aromatic heterocycles. The van der Waals surface area contributed by atoms with Crippen LogP contribution in [0.25, 0.3) is 0 Å². The molecule has 0 radical (unpaired) electrons. The predicted octanol–water partition coefficient (Wildman–Crippen LogP) is 1.77. The highest BCUT2D eigenvalue weighted by Crippen LogP contribution is 2.31. The average Bonchev–Trinajstić information content (AvgIpc) is 2.27. The molecule has 0 aromatic carbocycles. The first-order chi connectivity index (χ1) is 6.79. The van der Waals surface area contributed by atoms with Crippen LogP contribution in [-0.4, -0.2) is 39.1 Å². The molecular weight excluding hydrogens is 180 g/mol. The number of hydrogen-bond donors (Lipinski definition) is 0. The SMILES string of the molecule is C=CC1(C(COC)OC)CCCCO1. The topological polar surface area (TPSA) is 27.7 Å². The van der Waals surface area contributed by atoms with Gasteiger partial charge in [0.1, 0.15) is 11.7 Å². The number of ether oxygens (including phenoxy) is 3. The Balaban J connectivity index is 2.68. The number of methoxy groups -OCH3 is 2. The van der Waals surface area contributed by atoms with Gasteiger partial charge in [0.15, 0.2) is 0 Å². The van der Waals surface area contributed by atoms with Gasteiger partial charge in [-0.2, -0.15) is 0 Å². The molecule has 1 heterocycles. The molecule has 82 valence electrons. The lowest BCUT2D eigenvalue weighted by Crippen LogP contribution is -2.48. The van der Waals surface area contributed by atoms with Crippen molar-refractivity contribution < 1.29 is 14.2 Å². The van der Waals surface area contributed by atoms with E-state index in [4.69, 9.17) is 14.2 Å². The summed E-state index contributed by atoms with van der Waals surface area (Å²) in [4.78, 5) is 0. The lowest BCUT2D eigenvalue weighted by molar-refractivity contribution is -0.145. The van der Waals surface area contributed by atoms with Crippen molar-refractivity contribution in [2.45, 2.75) is 31.0 Å². The molecule has 3 nitrogen and oxygen atoms in total. The number of hydrogen-bond acceptors (Lipinski definition) is 3. The molecule has 0 N–H and O–H groups in total. The summed E-state index contributed by atoms with van der Waals surface area (Å²) < 4.78 is 16.3. The zero-order valence-electron chi connectivity index (χ0n) is 9.12. The molecule has 1 fully saturated rings. The van der Waals surface area contributed by atoms with Crippen LogP contribution in [0.15, 0.2) is 12.7 Å². The van der Waals surface area contributed by atoms with Crippen molar-refractivity contribution in [2.24, 2.45) is 0 Å². The van der Waals surface area contributed by atoms with E-state index < -0.39 is 0 Å². The van der Waals surface area contributed by atoms with Crippen LogP contribution in [-0.2, 0) is 14.2 Å². The quantitative estimate of drug-likeness (QED) is 0.633. The van der Waals surface area contributed by atoms with Gasteiger partial charge < -0.3 is 14.2 Å². The maximum absolute atomic E-state index is 5.80. The second kappa shape index (κ2) is 5.49. The van der Waals surface area contributed by atoms with Gasteiger partial charge in [0, 0.05) is 20.8 Å². The van der Waals surface area contributed by atoms with Gasteiger partial charge >= 0.3 is 0 Å². The summed E-state index contributed by atoms with van der Waals surface area (Å²) in [6, 6.07) is 0. The van der Waals surface area contributed by atoms with Crippen LogP contribution in [0.2, 0.25) is 0 Å². The second-order valence-electron chi connectivity index (χ2n) is 3.64. The first kappa shape index (κ1) is 11.7. The standard InChI is InChI=1S/C11H20O3/c1-4-11(7-5-6-8-14-11)10(13-3)9-12-2/h4,10H,1,5-9H2,2-3H3. The van der Waals surface area contributed by atoms with Crippen molar-refractivity contribution in [1.29, 1.82) is 0 Å². The fourth-order valence-corrected chi connectivity index (χ4v) is 1.94. The lowest BCUT2D eigenvalue weighted by atomic mass is 9.88. The van der Waals surface area contributed by atoms with E-state index in [0.29, 0.717) is 6.61 Å². The van der Waals surface area contributed by atoms with Gasteiger partial charge in [-0.15, -0.1) is 6.58 Å². The molecule has 1 aliphatic rings. The summed E-state index contributed by atoms with van der Waals surface area (Å²) in [5.41, 5.74) is -0.344.